The second-order valence-corrected chi connectivity index (χ2v) is 7.32. The maximum Gasteiger partial charge on any atom is 0.416 e. The summed E-state index contributed by atoms with van der Waals surface area (Å²) in [5, 5.41) is 5.01. The zero-order valence-corrected chi connectivity index (χ0v) is 17.8. The smallest absolute Gasteiger partial charge is 0.416 e. The number of nitrogens with zero attached hydrogens (tertiary/aromatic N) is 3. The highest BCUT2D eigenvalue weighted by Gasteiger charge is 2.33. The molecule has 11 heteroatoms. The summed E-state index contributed by atoms with van der Waals surface area (Å²) in [6.07, 6.45) is -3.09. The number of ether oxygens (including phenoxy) is 1. The van der Waals surface area contributed by atoms with E-state index in [0.29, 0.717) is 11.4 Å². The van der Waals surface area contributed by atoms with Crippen molar-refractivity contribution in [2.45, 2.75) is 12.7 Å². The van der Waals surface area contributed by atoms with Gasteiger partial charge in [0.05, 0.1) is 5.56 Å². The van der Waals surface area contributed by atoms with Crippen LogP contribution in [0.5, 0.6) is 11.6 Å². The molecule has 2 aromatic carbocycles. The molecule has 2 amide bonds. The van der Waals surface area contributed by atoms with Gasteiger partial charge in [-0.25, -0.2) is 9.78 Å². The molecule has 168 valence electrons. The lowest BCUT2D eigenvalue weighted by Gasteiger charge is -2.18. The van der Waals surface area contributed by atoms with Gasteiger partial charge < -0.3 is 20.3 Å². The molecular formula is C21H19ClF3N5O2. The summed E-state index contributed by atoms with van der Waals surface area (Å²) < 4.78 is 45.7. The zero-order chi connectivity index (χ0) is 23.3. The van der Waals surface area contributed by atoms with Crippen molar-refractivity contribution in [3.05, 3.63) is 71.1 Å². The molecule has 0 saturated carbocycles. The van der Waals surface area contributed by atoms with E-state index < -0.39 is 17.8 Å². The third-order valence-electron chi connectivity index (χ3n) is 4.09. The van der Waals surface area contributed by atoms with Gasteiger partial charge in [-0.15, -0.1) is 0 Å². The van der Waals surface area contributed by atoms with Gasteiger partial charge in [0.2, 0.25) is 11.2 Å². The molecule has 0 atom stereocenters. The van der Waals surface area contributed by atoms with Crippen molar-refractivity contribution in [2.24, 2.45) is 0 Å². The fourth-order valence-electron chi connectivity index (χ4n) is 2.79. The quantitative estimate of drug-likeness (QED) is 0.460. The third kappa shape index (κ3) is 6.56. The minimum Gasteiger partial charge on any atom is -0.439 e. The molecule has 3 rings (SSSR count). The lowest BCUT2D eigenvalue weighted by atomic mass is 10.1. The number of hydrogen-bond donors (Lipinski definition) is 2. The largest absolute Gasteiger partial charge is 0.439 e. The monoisotopic (exact) mass is 465 g/mol. The van der Waals surface area contributed by atoms with Crippen molar-refractivity contribution in [3.63, 3.8) is 0 Å². The Kier molecular flexibility index (Phi) is 7.16. The Balaban J connectivity index is 1.65. The normalized spacial score (nSPS) is 11.3. The second kappa shape index (κ2) is 9.84. The lowest BCUT2D eigenvalue weighted by molar-refractivity contribution is -0.138. The lowest BCUT2D eigenvalue weighted by Crippen LogP contribution is -2.21. The highest BCUT2D eigenvalue weighted by molar-refractivity contribution is 6.28. The molecule has 3 aromatic rings. The minimum atomic E-state index is -4.54. The van der Waals surface area contributed by atoms with Gasteiger partial charge in [-0.3, -0.25) is 0 Å². The Hall–Kier alpha value is -3.37. The third-order valence-corrected chi connectivity index (χ3v) is 4.28. The van der Waals surface area contributed by atoms with E-state index in [1.807, 2.05) is 0 Å². The van der Waals surface area contributed by atoms with E-state index in [1.54, 1.807) is 43.3 Å². The van der Waals surface area contributed by atoms with E-state index in [0.717, 1.165) is 6.07 Å². The van der Waals surface area contributed by atoms with Gasteiger partial charge in [0.1, 0.15) is 5.75 Å². The Morgan fingerprint density at radius 2 is 1.72 bits per heavy atom. The number of carbonyl (C=O) groups excluding carboxylic acids is 1. The van der Waals surface area contributed by atoms with Crippen molar-refractivity contribution < 1.29 is 22.7 Å². The topological polar surface area (TPSA) is 79.4 Å². The summed E-state index contributed by atoms with van der Waals surface area (Å²) in [4.78, 5) is 21.5. The summed E-state index contributed by atoms with van der Waals surface area (Å²) in [5.74, 6) is 0.693. The number of nitrogens with one attached hydrogen (secondary N) is 2. The SMILES string of the molecule is CN(C)Cc1ccc(NC(=O)Nc2ccc(Oc3ccnc(Cl)n3)cc2)cc1C(F)(F)F. The van der Waals surface area contributed by atoms with Crippen LogP contribution in [0.15, 0.2) is 54.7 Å². The standard InChI is InChI=1S/C21H19ClF3N5O2/c1-30(2)12-13-3-4-15(11-17(13)21(23,24)25)28-20(31)27-14-5-7-16(8-6-14)32-18-9-10-26-19(22)29-18/h3-11H,12H2,1-2H3,(H2,27,28,31). The summed E-state index contributed by atoms with van der Waals surface area (Å²) in [6, 6.07) is 10.9. The molecule has 7 nitrogen and oxygen atoms in total. The van der Waals surface area contributed by atoms with Crippen LogP contribution in [0.2, 0.25) is 5.28 Å². The van der Waals surface area contributed by atoms with Crippen molar-refractivity contribution in [2.75, 3.05) is 24.7 Å². The molecule has 1 heterocycles. The summed E-state index contributed by atoms with van der Waals surface area (Å²) in [5.41, 5.74) is -0.238. The van der Waals surface area contributed by atoms with Gasteiger partial charge in [-0.2, -0.15) is 18.2 Å². The van der Waals surface area contributed by atoms with E-state index in [1.165, 1.54) is 24.4 Å². The highest BCUT2D eigenvalue weighted by atomic mass is 35.5. The van der Waals surface area contributed by atoms with Crippen LogP contribution in [0.4, 0.5) is 29.3 Å². The van der Waals surface area contributed by atoms with Gasteiger partial charge >= 0.3 is 12.2 Å². The van der Waals surface area contributed by atoms with Crippen molar-refractivity contribution >= 4 is 29.0 Å². The molecule has 2 N–H and O–H groups in total. The van der Waals surface area contributed by atoms with Crippen molar-refractivity contribution in [1.29, 1.82) is 0 Å². The average Bonchev–Trinajstić information content (AvgIpc) is 2.69. The molecule has 0 aliphatic carbocycles. The summed E-state index contributed by atoms with van der Waals surface area (Å²) >= 11 is 5.70. The maximum absolute atomic E-state index is 13.4. The van der Waals surface area contributed by atoms with E-state index >= 15 is 0 Å². The first kappa shape index (κ1) is 23.3. The van der Waals surface area contributed by atoms with Gasteiger partial charge in [0.25, 0.3) is 0 Å². The number of rotatable bonds is 6. The fraction of sp³-hybridized carbons (Fsp3) is 0.190. The van der Waals surface area contributed by atoms with Crippen LogP contribution in [0, 0.1) is 0 Å². The molecule has 32 heavy (non-hydrogen) atoms. The molecule has 0 saturated heterocycles. The second-order valence-electron chi connectivity index (χ2n) is 6.98. The number of carbonyl (C=O) groups is 1. The fourth-order valence-corrected chi connectivity index (χ4v) is 2.93. The number of aromatic nitrogens is 2. The van der Waals surface area contributed by atoms with Gasteiger partial charge in [-0.1, -0.05) is 6.07 Å². The maximum atomic E-state index is 13.4. The number of anilines is 2. The first-order valence-corrected chi connectivity index (χ1v) is 9.67. The van der Waals surface area contributed by atoms with Crippen LogP contribution in [0.3, 0.4) is 0 Å². The number of halogens is 4. The number of urea groups is 1. The zero-order valence-electron chi connectivity index (χ0n) is 17.1. The molecule has 0 fully saturated rings. The number of amides is 2. The number of hydrogen-bond acceptors (Lipinski definition) is 5. The molecule has 0 bridgehead atoms. The Labute approximate surface area is 187 Å². The molecule has 0 spiro atoms. The number of alkyl halides is 3. The van der Waals surface area contributed by atoms with Crippen LogP contribution in [0.1, 0.15) is 11.1 Å². The van der Waals surface area contributed by atoms with Crippen LogP contribution in [0.25, 0.3) is 0 Å². The molecule has 1 aromatic heterocycles. The molecular weight excluding hydrogens is 447 g/mol. The molecule has 0 aliphatic rings. The summed E-state index contributed by atoms with van der Waals surface area (Å²) in [6.45, 7) is 0.122. The Morgan fingerprint density at radius 1 is 1.06 bits per heavy atom. The van der Waals surface area contributed by atoms with Crippen LogP contribution < -0.4 is 15.4 Å². The first-order valence-electron chi connectivity index (χ1n) is 9.29. The van der Waals surface area contributed by atoms with Crippen LogP contribution in [-0.2, 0) is 12.7 Å². The van der Waals surface area contributed by atoms with E-state index in [9.17, 15) is 18.0 Å². The van der Waals surface area contributed by atoms with Crippen molar-refractivity contribution in [1.82, 2.24) is 14.9 Å². The predicted octanol–water partition coefficient (Wildman–Crippen LogP) is 5.65. The van der Waals surface area contributed by atoms with Gasteiger partial charge in [0.15, 0.2) is 0 Å². The average molecular weight is 466 g/mol. The van der Waals surface area contributed by atoms with Crippen LogP contribution in [-0.4, -0.2) is 35.0 Å². The Morgan fingerprint density at radius 3 is 2.34 bits per heavy atom. The van der Waals surface area contributed by atoms with Gasteiger partial charge in [0, 0.05) is 30.2 Å². The number of benzene rings is 2. The van der Waals surface area contributed by atoms with E-state index in [4.69, 9.17) is 16.3 Å². The van der Waals surface area contributed by atoms with E-state index in [-0.39, 0.29) is 29.0 Å². The molecule has 0 radical (unpaired) electrons. The highest BCUT2D eigenvalue weighted by Crippen LogP contribution is 2.34. The minimum absolute atomic E-state index is 0.0259. The van der Waals surface area contributed by atoms with Gasteiger partial charge in [-0.05, 0) is 67.7 Å². The van der Waals surface area contributed by atoms with Crippen LogP contribution >= 0.6 is 11.6 Å². The molecule has 0 unspecified atom stereocenters. The Bertz CT molecular complexity index is 1090. The first-order chi connectivity index (χ1) is 15.1. The van der Waals surface area contributed by atoms with E-state index in [2.05, 4.69) is 20.6 Å². The van der Waals surface area contributed by atoms with Crippen molar-refractivity contribution in [3.8, 4) is 11.6 Å². The summed E-state index contributed by atoms with van der Waals surface area (Å²) in [7, 11) is 3.36. The molecule has 0 aliphatic heterocycles. The predicted molar refractivity (Wildman–Crippen MR) is 115 cm³/mol.